The van der Waals surface area contributed by atoms with Crippen molar-refractivity contribution >= 4 is 17.3 Å². The topological polar surface area (TPSA) is 85.6 Å². The fourth-order valence-corrected chi connectivity index (χ4v) is 3.82. The molecule has 0 saturated carbocycles. The Morgan fingerprint density at radius 1 is 1.23 bits per heavy atom. The molecule has 0 bridgehead atoms. The Balaban J connectivity index is 1.76. The summed E-state index contributed by atoms with van der Waals surface area (Å²) in [4.78, 5) is 6.08. The van der Waals surface area contributed by atoms with Gasteiger partial charge in [0, 0.05) is 24.0 Å². The Kier molecular flexibility index (Phi) is 7.88. The van der Waals surface area contributed by atoms with Crippen molar-refractivity contribution in [2.45, 2.75) is 32.9 Å². The summed E-state index contributed by atoms with van der Waals surface area (Å²) >= 11 is 1.76. The van der Waals surface area contributed by atoms with Crippen molar-refractivity contribution in [2.75, 3.05) is 20.8 Å². The SMILES string of the molecule is COc1ccc(OC)c(C(C)NC(=NCc2nnc(C)n2C)NCCc2cccs2)c1. The Bertz CT molecular complexity index is 1000. The van der Waals surface area contributed by atoms with Crippen molar-refractivity contribution in [2.24, 2.45) is 12.0 Å². The van der Waals surface area contributed by atoms with Gasteiger partial charge in [-0.25, -0.2) is 4.99 Å². The van der Waals surface area contributed by atoms with Gasteiger partial charge in [0.15, 0.2) is 11.8 Å². The fourth-order valence-electron chi connectivity index (χ4n) is 3.11. The summed E-state index contributed by atoms with van der Waals surface area (Å²) in [6.07, 6.45) is 0.929. The molecule has 8 nitrogen and oxygen atoms in total. The average molecular weight is 443 g/mol. The van der Waals surface area contributed by atoms with E-state index < -0.39 is 0 Å². The van der Waals surface area contributed by atoms with Crippen molar-refractivity contribution in [1.29, 1.82) is 0 Å². The van der Waals surface area contributed by atoms with Crippen molar-refractivity contribution in [3.05, 3.63) is 57.8 Å². The number of aryl methyl sites for hydroxylation is 1. The standard InChI is InChI=1S/C22H30N6O2S/c1-15(19-13-17(29-4)8-9-20(19)30-5)25-22(23-11-10-18-7-6-12-31-18)24-14-21-27-26-16(2)28(21)3/h6-9,12-13,15H,10-11,14H2,1-5H3,(H2,23,24,25). The lowest BCUT2D eigenvalue weighted by molar-refractivity contribution is 0.394. The average Bonchev–Trinajstić information content (AvgIpc) is 3.41. The van der Waals surface area contributed by atoms with Crippen LogP contribution in [0.2, 0.25) is 0 Å². The summed E-state index contributed by atoms with van der Waals surface area (Å²) in [5, 5.41) is 17.3. The molecule has 3 aromatic rings. The second-order valence-corrected chi connectivity index (χ2v) is 8.15. The van der Waals surface area contributed by atoms with E-state index in [1.165, 1.54) is 4.88 Å². The van der Waals surface area contributed by atoms with Crippen LogP contribution in [0.4, 0.5) is 0 Å². The molecule has 2 heterocycles. The first kappa shape index (κ1) is 22.6. The lowest BCUT2D eigenvalue weighted by Gasteiger charge is -2.21. The number of ether oxygens (including phenoxy) is 2. The van der Waals surface area contributed by atoms with Crippen LogP contribution in [0.25, 0.3) is 0 Å². The van der Waals surface area contributed by atoms with Crippen LogP contribution in [0.15, 0.2) is 40.7 Å². The maximum absolute atomic E-state index is 5.55. The van der Waals surface area contributed by atoms with Crippen LogP contribution < -0.4 is 20.1 Å². The van der Waals surface area contributed by atoms with Gasteiger partial charge in [-0.15, -0.1) is 21.5 Å². The van der Waals surface area contributed by atoms with Gasteiger partial charge >= 0.3 is 0 Å². The van der Waals surface area contributed by atoms with Crippen LogP contribution in [0.5, 0.6) is 11.5 Å². The first-order valence-corrected chi connectivity index (χ1v) is 11.0. The van der Waals surface area contributed by atoms with Crippen LogP contribution in [0.1, 0.15) is 35.1 Å². The molecule has 0 aliphatic heterocycles. The number of nitrogens with one attached hydrogen (secondary N) is 2. The molecule has 3 rings (SSSR count). The molecular formula is C22H30N6O2S. The van der Waals surface area contributed by atoms with Gasteiger partial charge in [-0.1, -0.05) is 6.07 Å². The molecule has 0 saturated heterocycles. The Morgan fingerprint density at radius 3 is 2.71 bits per heavy atom. The molecular weight excluding hydrogens is 412 g/mol. The van der Waals surface area contributed by atoms with Crippen LogP contribution >= 0.6 is 11.3 Å². The van der Waals surface area contributed by atoms with Gasteiger partial charge in [0.2, 0.25) is 0 Å². The molecule has 0 spiro atoms. The lowest BCUT2D eigenvalue weighted by atomic mass is 10.1. The third-order valence-corrected chi connectivity index (χ3v) is 6.00. The molecule has 2 aromatic heterocycles. The molecule has 1 unspecified atom stereocenters. The molecule has 9 heteroatoms. The molecule has 2 N–H and O–H groups in total. The largest absolute Gasteiger partial charge is 0.497 e. The third-order valence-electron chi connectivity index (χ3n) is 5.06. The summed E-state index contributed by atoms with van der Waals surface area (Å²) in [6.45, 7) is 5.19. The van der Waals surface area contributed by atoms with E-state index in [9.17, 15) is 0 Å². The summed E-state index contributed by atoms with van der Waals surface area (Å²) in [5.41, 5.74) is 0.990. The minimum absolute atomic E-state index is 0.0562. The zero-order valence-corrected chi connectivity index (χ0v) is 19.5. The van der Waals surface area contributed by atoms with Gasteiger partial charge < -0.3 is 24.7 Å². The molecule has 0 amide bonds. The highest BCUT2D eigenvalue weighted by molar-refractivity contribution is 7.09. The number of nitrogens with zero attached hydrogens (tertiary/aromatic N) is 4. The summed E-state index contributed by atoms with van der Waals surface area (Å²) < 4.78 is 12.9. The number of aliphatic imine (C=N–C) groups is 1. The van der Waals surface area contributed by atoms with Gasteiger partial charge in [-0.3, -0.25) is 0 Å². The normalized spacial score (nSPS) is 12.5. The molecule has 0 fully saturated rings. The molecule has 1 aromatic carbocycles. The zero-order chi connectivity index (χ0) is 22.2. The quantitative estimate of drug-likeness (QED) is 0.391. The third kappa shape index (κ3) is 5.97. The van der Waals surface area contributed by atoms with Crippen LogP contribution in [0, 0.1) is 6.92 Å². The lowest BCUT2D eigenvalue weighted by Crippen LogP contribution is -2.40. The van der Waals surface area contributed by atoms with Gasteiger partial charge in [0.1, 0.15) is 23.9 Å². The summed E-state index contributed by atoms with van der Waals surface area (Å²) in [5.74, 6) is 3.95. The molecule has 0 aliphatic rings. The van der Waals surface area contributed by atoms with Crippen LogP contribution in [0.3, 0.4) is 0 Å². The van der Waals surface area contributed by atoms with Gasteiger partial charge in [-0.2, -0.15) is 0 Å². The number of rotatable bonds is 9. The highest BCUT2D eigenvalue weighted by atomic mass is 32.1. The Hall–Kier alpha value is -3.07. The Morgan fingerprint density at radius 2 is 2.06 bits per heavy atom. The summed E-state index contributed by atoms with van der Waals surface area (Å²) in [7, 11) is 5.27. The number of aromatic nitrogens is 3. The highest BCUT2D eigenvalue weighted by Gasteiger charge is 2.15. The van der Waals surface area contributed by atoms with E-state index in [0.717, 1.165) is 41.7 Å². The van der Waals surface area contributed by atoms with E-state index >= 15 is 0 Å². The van der Waals surface area contributed by atoms with Crippen molar-refractivity contribution in [3.63, 3.8) is 0 Å². The van der Waals surface area contributed by atoms with Crippen LogP contribution in [-0.2, 0) is 20.0 Å². The number of thiophene rings is 1. The predicted molar refractivity (Wildman–Crippen MR) is 124 cm³/mol. The minimum Gasteiger partial charge on any atom is -0.497 e. The number of guanidine groups is 1. The maximum Gasteiger partial charge on any atom is 0.192 e. The zero-order valence-electron chi connectivity index (χ0n) is 18.7. The number of methoxy groups -OCH3 is 2. The Labute approximate surface area is 187 Å². The molecule has 166 valence electrons. The van der Waals surface area contributed by atoms with Gasteiger partial charge in [0.05, 0.1) is 20.3 Å². The van der Waals surface area contributed by atoms with Crippen molar-refractivity contribution in [1.82, 2.24) is 25.4 Å². The van der Waals surface area contributed by atoms with Crippen LogP contribution in [-0.4, -0.2) is 41.5 Å². The second-order valence-electron chi connectivity index (χ2n) is 7.12. The van der Waals surface area contributed by atoms with Crippen molar-refractivity contribution in [3.8, 4) is 11.5 Å². The second kappa shape index (κ2) is 10.8. The number of hydrogen-bond donors (Lipinski definition) is 2. The van der Waals surface area contributed by atoms with E-state index in [1.807, 2.05) is 36.7 Å². The highest BCUT2D eigenvalue weighted by Crippen LogP contribution is 2.29. The smallest absolute Gasteiger partial charge is 0.192 e. The first-order valence-electron chi connectivity index (χ1n) is 10.2. The predicted octanol–water partition coefficient (Wildman–Crippen LogP) is 3.24. The van der Waals surface area contributed by atoms with Gasteiger partial charge in [0.25, 0.3) is 0 Å². The maximum atomic E-state index is 5.55. The molecule has 1 atom stereocenters. The minimum atomic E-state index is -0.0562. The van der Waals surface area contributed by atoms with Gasteiger partial charge in [-0.05, 0) is 49.9 Å². The van der Waals surface area contributed by atoms with E-state index in [2.05, 4.69) is 45.3 Å². The molecule has 31 heavy (non-hydrogen) atoms. The first-order chi connectivity index (χ1) is 15.0. The monoisotopic (exact) mass is 442 g/mol. The number of benzene rings is 1. The van der Waals surface area contributed by atoms with E-state index in [4.69, 9.17) is 14.5 Å². The summed E-state index contributed by atoms with van der Waals surface area (Å²) in [6, 6.07) is 9.93. The fraction of sp³-hybridized carbons (Fsp3) is 0.409. The van der Waals surface area contributed by atoms with Crippen molar-refractivity contribution < 1.29 is 9.47 Å². The molecule has 0 radical (unpaired) electrons. The van der Waals surface area contributed by atoms with E-state index in [-0.39, 0.29) is 6.04 Å². The molecule has 0 aliphatic carbocycles. The number of hydrogen-bond acceptors (Lipinski definition) is 6. The van der Waals surface area contributed by atoms with E-state index in [1.54, 1.807) is 25.6 Å². The van der Waals surface area contributed by atoms with E-state index in [0.29, 0.717) is 12.5 Å².